The van der Waals surface area contributed by atoms with Crippen LogP contribution in [0.15, 0.2) is 147 Å². The Hall–Kier alpha value is -4.62. The molecule has 0 saturated heterocycles. The van der Waals surface area contributed by atoms with E-state index in [1.165, 1.54) is 44.5 Å². The summed E-state index contributed by atoms with van der Waals surface area (Å²) in [5.41, 5.74) is 11.7. The Balaban J connectivity index is 1.73. The van der Waals surface area contributed by atoms with Gasteiger partial charge in [-0.15, -0.1) is 0 Å². The SMILES string of the molecule is C=C/C=C\C(=C/C)c1cccc(-c2ccc(-c3cc(/C(C=C)=C/NC)cc(-c4ccccc4)c3)cc2)c1. The standard InChI is InChI=1S/C36H33N/c1-5-8-13-27(6-2)32-16-12-17-33(22-32)30-18-20-31(21-19-30)36-24-34(28(7-3)26-37-4)23-35(25-36)29-14-10-9-11-15-29/h5-26,37H,1,3H2,2,4H3/b13-8-,27-6+,28-26+. The van der Waals surface area contributed by atoms with Crippen LogP contribution in [0.5, 0.6) is 0 Å². The second-order valence-electron chi connectivity index (χ2n) is 8.75. The molecule has 0 aliphatic carbocycles. The fourth-order valence-corrected chi connectivity index (χ4v) is 4.44. The van der Waals surface area contributed by atoms with Gasteiger partial charge in [-0.05, 0) is 86.8 Å². The highest BCUT2D eigenvalue weighted by Crippen LogP contribution is 2.33. The van der Waals surface area contributed by atoms with Gasteiger partial charge >= 0.3 is 0 Å². The molecule has 0 amide bonds. The second kappa shape index (κ2) is 12.4. The van der Waals surface area contributed by atoms with Gasteiger partial charge in [0.2, 0.25) is 0 Å². The first kappa shape index (κ1) is 25.5. The van der Waals surface area contributed by atoms with Crippen LogP contribution in [0.2, 0.25) is 0 Å². The third-order valence-electron chi connectivity index (χ3n) is 6.36. The van der Waals surface area contributed by atoms with Gasteiger partial charge < -0.3 is 5.32 Å². The van der Waals surface area contributed by atoms with Gasteiger partial charge in [-0.2, -0.15) is 0 Å². The van der Waals surface area contributed by atoms with Gasteiger partial charge in [0.05, 0.1) is 0 Å². The molecular weight excluding hydrogens is 446 g/mol. The molecule has 0 atom stereocenters. The van der Waals surface area contributed by atoms with Crippen LogP contribution in [-0.4, -0.2) is 7.05 Å². The predicted octanol–water partition coefficient (Wildman–Crippen LogP) is 9.58. The van der Waals surface area contributed by atoms with Crippen LogP contribution < -0.4 is 5.32 Å². The van der Waals surface area contributed by atoms with Gasteiger partial charge in [0.25, 0.3) is 0 Å². The van der Waals surface area contributed by atoms with Crippen LogP contribution in [0.25, 0.3) is 44.5 Å². The van der Waals surface area contributed by atoms with Crippen molar-refractivity contribution in [2.24, 2.45) is 0 Å². The summed E-state index contributed by atoms with van der Waals surface area (Å²) in [6.45, 7) is 9.87. The van der Waals surface area contributed by atoms with E-state index in [1.54, 1.807) is 6.08 Å². The van der Waals surface area contributed by atoms with Crippen molar-refractivity contribution in [2.45, 2.75) is 6.92 Å². The number of benzene rings is 4. The van der Waals surface area contributed by atoms with Crippen LogP contribution >= 0.6 is 0 Å². The molecule has 0 spiro atoms. The molecule has 0 aliphatic heterocycles. The lowest BCUT2D eigenvalue weighted by Crippen LogP contribution is -1.96. The lowest BCUT2D eigenvalue weighted by atomic mass is 9.92. The van der Waals surface area contributed by atoms with Crippen molar-refractivity contribution >= 4 is 11.1 Å². The molecule has 4 aromatic rings. The van der Waals surface area contributed by atoms with Gasteiger partial charge in [-0.1, -0.05) is 116 Å². The molecule has 1 nitrogen and oxygen atoms in total. The Morgan fingerprint density at radius 1 is 0.622 bits per heavy atom. The minimum Gasteiger partial charge on any atom is -0.393 e. The van der Waals surface area contributed by atoms with Crippen LogP contribution in [0.3, 0.4) is 0 Å². The normalized spacial score (nSPS) is 11.9. The van der Waals surface area contributed by atoms with Crippen LogP contribution in [0.4, 0.5) is 0 Å². The molecule has 37 heavy (non-hydrogen) atoms. The molecule has 0 saturated carbocycles. The van der Waals surface area contributed by atoms with Gasteiger partial charge in [0.15, 0.2) is 0 Å². The van der Waals surface area contributed by atoms with Gasteiger partial charge in [-0.25, -0.2) is 0 Å². The first-order valence-electron chi connectivity index (χ1n) is 12.5. The summed E-state index contributed by atoms with van der Waals surface area (Å²) in [6.07, 6.45) is 11.9. The molecular formula is C36H33N. The summed E-state index contributed by atoms with van der Waals surface area (Å²) in [4.78, 5) is 0. The molecule has 182 valence electrons. The van der Waals surface area contributed by atoms with E-state index < -0.39 is 0 Å². The van der Waals surface area contributed by atoms with Crippen molar-refractivity contribution in [3.63, 3.8) is 0 Å². The highest BCUT2D eigenvalue weighted by atomic mass is 14.8. The Morgan fingerprint density at radius 2 is 1.22 bits per heavy atom. The first-order valence-corrected chi connectivity index (χ1v) is 12.5. The molecule has 4 aromatic carbocycles. The number of hydrogen-bond acceptors (Lipinski definition) is 1. The highest BCUT2D eigenvalue weighted by molar-refractivity contribution is 5.84. The van der Waals surface area contributed by atoms with Crippen molar-refractivity contribution < 1.29 is 0 Å². The molecule has 0 fully saturated rings. The average Bonchev–Trinajstić information content (AvgIpc) is 2.97. The quantitative estimate of drug-likeness (QED) is 0.236. The summed E-state index contributed by atoms with van der Waals surface area (Å²) in [5, 5.41) is 3.14. The average molecular weight is 480 g/mol. The smallest absolute Gasteiger partial charge is 0.00410 e. The van der Waals surface area contributed by atoms with Crippen LogP contribution in [0, 0.1) is 0 Å². The Bertz CT molecular complexity index is 1470. The molecule has 0 aliphatic rings. The largest absolute Gasteiger partial charge is 0.393 e. The van der Waals surface area contributed by atoms with E-state index >= 15 is 0 Å². The van der Waals surface area contributed by atoms with E-state index in [0.717, 1.165) is 11.1 Å². The zero-order chi connectivity index (χ0) is 26.0. The molecule has 1 heteroatoms. The van der Waals surface area contributed by atoms with Crippen molar-refractivity contribution in [1.29, 1.82) is 0 Å². The number of hydrogen-bond donors (Lipinski definition) is 1. The predicted molar refractivity (Wildman–Crippen MR) is 163 cm³/mol. The molecule has 0 radical (unpaired) electrons. The minimum absolute atomic E-state index is 1.06. The number of nitrogens with one attached hydrogen (secondary N) is 1. The molecule has 0 unspecified atom stereocenters. The van der Waals surface area contributed by atoms with E-state index in [1.807, 2.05) is 31.5 Å². The maximum Gasteiger partial charge on any atom is 0.00410 e. The van der Waals surface area contributed by atoms with Gasteiger partial charge in [0.1, 0.15) is 0 Å². The minimum atomic E-state index is 1.06. The molecule has 4 rings (SSSR count). The van der Waals surface area contributed by atoms with Crippen LogP contribution in [0.1, 0.15) is 18.1 Å². The fourth-order valence-electron chi connectivity index (χ4n) is 4.44. The molecule has 1 N–H and O–H groups in total. The summed E-state index contributed by atoms with van der Waals surface area (Å²) < 4.78 is 0. The van der Waals surface area contributed by atoms with E-state index in [0.29, 0.717) is 0 Å². The first-order chi connectivity index (χ1) is 18.2. The Labute approximate surface area is 221 Å². The van der Waals surface area contributed by atoms with Crippen molar-refractivity contribution in [1.82, 2.24) is 5.32 Å². The fraction of sp³-hybridized carbons (Fsp3) is 0.0556. The second-order valence-corrected chi connectivity index (χ2v) is 8.75. The number of rotatable bonds is 9. The molecule has 0 bridgehead atoms. The van der Waals surface area contributed by atoms with E-state index in [2.05, 4.69) is 129 Å². The van der Waals surface area contributed by atoms with E-state index in [4.69, 9.17) is 0 Å². The Morgan fingerprint density at radius 3 is 1.81 bits per heavy atom. The lowest BCUT2D eigenvalue weighted by molar-refractivity contribution is 1.11. The zero-order valence-electron chi connectivity index (χ0n) is 21.6. The van der Waals surface area contributed by atoms with Crippen molar-refractivity contribution in [3.8, 4) is 33.4 Å². The van der Waals surface area contributed by atoms with E-state index in [-0.39, 0.29) is 0 Å². The maximum atomic E-state index is 4.03. The maximum absolute atomic E-state index is 4.03. The molecule has 0 aromatic heterocycles. The summed E-state index contributed by atoms with van der Waals surface area (Å²) >= 11 is 0. The van der Waals surface area contributed by atoms with Crippen molar-refractivity contribution in [3.05, 3.63) is 158 Å². The van der Waals surface area contributed by atoms with Crippen molar-refractivity contribution in [2.75, 3.05) is 7.05 Å². The van der Waals surface area contributed by atoms with E-state index in [9.17, 15) is 0 Å². The van der Waals surface area contributed by atoms with Crippen LogP contribution in [-0.2, 0) is 0 Å². The molecule has 0 heterocycles. The third kappa shape index (κ3) is 6.15. The monoisotopic (exact) mass is 479 g/mol. The summed E-state index contributed by atoms with van der Waals surface area (Å²) in [7, 11) is 1.91. The zero-order valence-corrected chi connectivity index (χ0v) is 21.6. The number of allylic oxidation sites excluding steroid dienone is 7. The third-order valence-corrected chi connectivity index (χ3v) is 6.36. The summed E-state index contributed by atoms with van der Waals surface area (Å²) in [6, 6.07) is 34.7. The Kier molecular flexibility index (Phi) is 8.52. The van der Waals surface area contributed by atoms with Gasteiger partial charge in [0, 0.05) is 13.2 Å². The summed E-state index contributed by atoms with van der Waals surface area (Å²) in [5.74, 6) is 0. The highest BCUT2D eigenvalue weighted by Gasteiger charge is 2.09. The van der Waals surface area contributed by atoms with Gasteiger partial charge in [-0.3, -0.25) is 0 Å². The topological polar surface area (TPSA) is 12.0 Å². The lowest BCUT2D eigenvalue weighted by Gasteiger charge is -2.13.